The Labute approximate surface area is 97.1 Å². The molecule has 0 radical (unpaired) electrons. The second-order valence-electron chi connectivity index (χ2n) is 3.48. The summed E-state index contributed by atoms with van der Waals surface area (Å²) in [4.78, 5) is 11.6. The van der Waals surface area contributed by atoms with Crippen molar-refractivity contribution < 1.29 is 5.11 Å². The molecule has 16 heavy (non-hydrogen) atoms. The Hall–Kier alpha value is -1.52. The van der Waals surface area contributed by atoms with Crippen LogP contribution in [0.15, 0.2) is 35.3 Å². The van der Waals surface area contributed by atoms with Gasteiger partial charge in [-0.1, -0.05) is 23.7 Å². The van der Waals surface area contributed by atoms with Gasteiger partial charge in [-0.3, -0.25) is 4.79 Å². The van der Waals surface area contributed by atoms with Crippen LogP contribution in [0.3, 0.4) is 0 Å². The molecule has 0 fully saturated rings. The summed E-state index contributed by atoms with van der Waals surface area (Å²) in [7, 11) is 0. The number of nitrogens with zero attached hydrogens (tertiary/aromatic N) is 1. The minimum Gasteiger partial charge on any atom is -0.391 e. The fourth-order valence-corrected chi connectivity index (χ4v) is 1.71. The lowest BCUT2D eigenvalue weighted by Gasteiger charge is -2.02. The summed E-state index contributed by atoms with van der Waals surface area (Å²) < 4.78 is 1.43. The molecule has 2 aromatic rings. The summed E-state index contributed by atoms with van der Waals surface area (Å²) in [5.41, 5.74) is 1.09. The van der Waals surface area contributed by atoms with Crippen molar-refractivity contribution in [3.8, 4) is 0 Å². The standard InChI is InChI=1S/C11H11ClN2O2/c12-10-3-1-2-8(4-10)6-14-11(16)9(7-15)5-13-14/h1-5,13,15H,6-7H2. The molecule has 0 aliphatic rings. The lowest BCUT2D eigenvalue weighted by Crippen LogP contribution is -2.19. The van der Waals surface area contributed by atoms with Crippen molar-refractivity contribution in [3.05, 3.63) is 57.0 Å². The molecule has 0 bridgehead atoms. The van der Waals surface area contributed by atoms with Gasteiger partial charge in [0.05, 0.1) is 18.7 Å². The molecule has 1 heterocycles. The maximum atomic E-state index is 11.6. The van der Waals surface area contributed by atoms with Gasteiger partial charge in [0.25, 0.3) is 5.56 Å². The van der Waals surface area contributed by atoms with E-state index in [-0.39, 0.29) is 12.2 Å². The maximum absolute atomic E-state index is 11.6. The summed E-state index contributed by atoms with van der Waals surface area (Å²) in [6.07, 6.45) is 1.51. The molecule has 1 aromatic heterocycles. The summed E-state index contributed by atoms with van der Waals surface area (Å²) in [6, 6.07) is 7.30. The molecule has 84 valence electrons. The first-order valence-corrected chi connectivity index (χ1v) is 5.21. The molecule has 2 N–H and O–H groups in total. The van der Waals surface area contributed by atoms with Crippen LogP contribution in [-0.4, -0.2) is 14.9 Å². The summed E-state index contributed by atoms with van der Waals surface area (Å²) in [6.45, 7) is 0.164. The minimum absolute atomic E-state index is 0.206. The molecule has 0 aliphatic heterocycles. The molecular formula is C11H11ClN2O2. The zero-order valence-corrected chi connectivity index (χ0v) is 9.24. The molecule has 0 spiro atoms. The quantitative estimate of drug-likeness (QED) is 0.849. The van der Waals surface area contributed by atoms with Crippen LogP contribution in [-0.2, 0) is 13.2 Å². The predicted molar refractivity (Wildman–Crippen MR) is 61.5 cm³/mol. The predicted octanol–water partition coefficient (Wildman–Crippen LogP) is 1.37. The van der Waals surface area contributed by atoms with Crippen molar-refractivity contribution in [2.45, 2.75) is 13.2 Å². The SMILES string of the molecule is O=c1c(CO)c[nH]n1Cc1cccc(Cl)c1. The number of halogens is 1. The van der Waals surface area contributed by atoms with Crippen LogP contribution >= 0.6 is 11.6 Å². The number of rotatable bonds is 3. The number of aromatic amines is 1. The molecule has 1 aromatic carbocycles. The molecule has 0 unspecified atom stereocenters. The number of hydrogen-bond donors (Lipinski definition) is 2. The highest BCUT2D eigenvalue weighted by molar-refractivity contribution is 6.30. The number of nitrogens with one attached hydrogen (secondary N) is 1. The molecule has 0 saturated heterocycles. The Morgan fingerprint density at radius 2 is 2.25 bits per heavy atom. The van der Waals surface area contributed by atoms with Gasteiger partial charge in [-0.25, -0.2) is 4.68 Å². The normalized spacial score (nSPS) is 10.6. The highest BCUT2D eigenvalue weighted by atomic mass is 35.5. The van der Waals surface area contributed by atoms with Gasteiger partial charge in [0.1, 0.15) is 0 Å². The van der Waals surface area contributed by atoms with Gasteiger partial charge >= 0.3 is 0 Å². The molecule has 0 amide bonds. The average molecular weight is 239 g/mol. The second-order valence-corrected chi connectivity index (χ2v) is 3.91. The first-order chi connectivity index (χ1) is 7.70. The van der Waals surface area contributed by atoms with E-state index >= 15 is 0 Å². The Kier molecular flexibility index (Phi) is 3.12. The highest BCUT2D eigenvalue weighted by Gasteiger charge is 2.05. The van der Waals surface area contributed by atoms with E-state index in [4.69, 9.17) is 16.7 Å². The van der Waals surface area contributed by atoms with Crippen LogP contribution in [0.5, 0.6) is 0 Å². The number of aromatic nitrogens is 2. The number of aliphatic hydroxyl groups is 1. The summed E-state index contributed by atoms with van der Waals surface area (Å²) in [5.74, 6) is 0. The van der Waals surface area contributed by atoms with Gasteiger partial charge in [-0.05, 0) is 17.7 Å². The maximum Gasteiger partial charge on any atom is 0.272 e. The Bertz CT molecular complexity index is 545. The zero-order chi connectivity index (χ0) is 11.5. The third-order valence-corrected chi connectivity index (χ3v) is 2.55. The summed E-state index contributed by atoms with van der Waals surface area (Å²) in [5, 5.41) is 12.3. The third kappa shape index (κ3) is 2.18. The number of H-pyrrole nitrogens is 1. The van der Waals surface area contributed by atoms with Crippen molar-refractivity contribution >= 4 is 11.6 Å². The highest BCUT2D eigenvalue weighted by Crippen LogP contribution is 2.11. The number of aliphatic hydroxyl groups excluding tert-OH is 1. The van der Waals surface area contributed by atoms with E-state index in [1.165, 1.54) is 10.9 Å². The van der Waals surface area contributed by atoms with Crippen LogP contribution in [0, 0.1) is 0 Å². The topological polar surface area (TPSA) is 58.0 Å². The molecule has 0 atom stereocenters. The van der Waals surface area contributed by atoms with E-state index in [2.05, 4.69) is 5.10 Å². The number of benzene rings is 1. The van der Waals surface area contributed by atoms with Gasteiger partial charge < -0.3 is 10.2 Å². The largest absolute Gasteiger partial charge is 0.391 e. The average Bonchev–Trinajstić information content (AvgIpc) is 2.60. The first-order valence-electron chi connectivity index (χ1n) is 4.83. The Balaban J connectivity index is 2.27. The first kappa shape index (κ1) is 11.0. The van der Waals surface area contributed by atoms with Gasteiger partial charge in [-0.2, -0.15) is 0 Å². The van der Waals surface area contributed by atoms with Crippen LogP contribution < -0.4 is 5.56 Å². The molecule has 0 saturated carbocycles. The van der Waals surface area contributed by atoms with E-state index in [0.717, 1.165) is 5.56 Å². The summed E-state index contributed by atoms with van der Waals surface area (Å²) >= 11 is 5.85. The monoisotopic (exact) mass is 238 g/mol. The lowest BCUT2D eigenvalue weighted by atomic mass is 10.2. The van der Waals surface area contributed by atoms with Crippen molar-refractivity contribution in [2.24, 2.45) is 0 Å². The second kappa shape index (κ2) is 4.55. The molecule has 2 rings (SSSR count). The zero-order valence-electron chi connectivity index (χ0n) is 8.48. The van der Waals surface area contributed by atoms with Crippen molar-refractivity contribution in [1.82, 2.24) is 9.78 Å². The van der Waals surface area contributed by atoms with Crippen molar-refractivity contribution in [2.75, 3.05) is 0 Å². The minimum atomic E-state index is -0.252. The smallest absolute Gasteiger partial charge is 0.272 e. The Morgan fingerprint density at radius 1 is 1.44 bits per heavy atom. The van der Waals surface area contributed by atoms with Gasteiger partial charge in [0.2, 0.25) is 0 Å². The van der Waals surface area contributed by atoms with Gasteiger partial charge in [0.15, 0.2) is 0 Å². The molecule has 4 nitrogen and oxygen atoms in total. The van der Waals surface area contributed by atoms with Crippen molar-refractivity contribution in [1.29, 1.82) is 0 Å². The third-order valence-electron chi connectivity index (χ3n) is 2.31. The molecule has 5 heteroatoms. The van der Waals surface area contributed by atoms with Crippen LogP contribution in [0.4, 0.5) is 0 Å². The van der Waals surface area contributed by atoms with E-state index in [9.17, 15) is 4.79 Å². The van der Waals surface area contributed by atoms with Crippen LogP contribution in [0.1, 0.15) is 11.1 Å². The van der Waals surface area contributed by atoms with Crippen LogP contribution in [0.2, 0.25) is 5.02 Å². The van der Waals surface area contributed by atoms with Crippen molar-refractivity contribution in [3.63, 3.8) is 0 Å². The van der Waals surface area contributed by atoms with E-state index < -0.39 is 0 Å². The fraction of sp³-hybridized carbons (Fsp3) is 0.182. The lowest BCUT2D eigenvalue weighted by molar-refractivity contribution is 0.280. The molecular weight excluding hydrogens is 228 g/mol. The fourth-order valence-electron chi connectivity index (χ4n) is 1.50. The van der Waals surface area contributed by atoms with E-state index in [0.29, 0.717) is 17.1 Å². The molecule has 0 aliphatic carbocycles. The Morgan fingerprint density at radius 3 is 2.88 bits per heavy atom. The van der Waals surface area contributed by atoms with E-state index in [1.807, 2.05) is 12.1 Å². The van der Waals surface area contributed by atoms with Gasteiger partial charge in [0, 0.05) is 11.2 Å². The van der Waals surface area contributed by atoms with E-state index in [1.54, 1.807) is 12.1 Å². The number of hydrogen-bond acceptors (Lipinski definition) is 2. The van der Waals surface area contributed by atoms with Gasteiger partial charge in [-0.15, -0.1) is 0 Å². The van der Waals surface area contributed by atoms with Crippen LogP contribution in [0.25, 0.3) is 0 Å².